The molecule has 6 nitrogen and oxygen atoms in total. The second-order valence-corrected chi connectivity index (χ2v) is 7.67. The maximum atomic E-state index is 12.6. The van der Waals surface area contributed by atoms with Crippen molar-refractivity contribution in [3.8, 4) is 11.5 Å². The number of aromatic nitrogens is 2. The average Bonchev–Trinajstić information content (AvgIpc) is 3.31. The lowest BCUT2D eigenvalue weighted by Gasteiger charge is -2.19. The molecule has 2 aromatic carbocycles. The van der Waals surface area contributed by atoms with E-state index in [1.165, 1.54) is 0 Å². The zero-order chi connectivity index (χ0) is 19.8. The van der Waals surface area contributed by atoms with Crippen LogP contribution >= 0.6 is 11.6 Å². The van der Waals surface area contributed by atoms with Crippen LogP contribution in [0.25, 0.3) is 11.5 Å². The highest BCUT2D eigenvalue weighted by Crippen LogP contribution is 2.34. The standard InChI is InChI=1S/C21H21ClN4O2/c1-13-4-7-16(22)11-18(13)26-12-15(10-19(26)27)20-23-21(28-24-20)14-5-8-17(9-6-14)25(2)3/h4-9,11,15H,10,12H2,1-3H3. The van der Waals surface area contributed by atoms with Crippen LogP contribution in [0.15, 0.2) is 47.0 Å². The summed E-state index contributed by atoms with van der Waals surface area (Å²) in [7, 11) is 3.98. The normalized spacial score (nSPS) is 16.6. The van der Waals surface area contributed by atoms with Crippen LogP contribution in [0, 0.1) is 6.92 Å². The predicted octanol–water partition coefficient (Wildman–Crippen LogP) is 4.28. The number of nitrogens with zero attached hydrogens (tertiary/aromatic N) is 4. The number of hydrogen-bond acceptors (Lipinski definition) is 5. The van der Waals surface area contributed by atoms with Gasteiger partial charge in [0.05, 0.1) is 0 Å². The first-order valence-corrected chi connectivity index (χ1v) is 9.48. The number of carbonyl (C=O) groups excluding carboxylic acids is 1. The summed E-state index contributed by atoms with van der Waals surface area (Å²) < 4.78 is 5.46. The van der Waals surface area contributed by atoms with Gasteiger partial charge in [-0.1, -0.05) is 22.8 Å². The Bertz CT molecular complexity index is 1010. The monoisotopic (exact) mass is 396 g/mol. The molecule has 0 saturated carbocycles. The maximum absolute atomic E-state index is 12.6. The van der Waals surface area contributed by atoms with Crippen LogP contribution < -0.4 is 9.80 Å². The van der Waals surface area contributed by atoms with Crippen molar-refractivity contribution in [2.75, 3.05) is 30.4 Å². The molecule has 1 aromatic heterocycles. The minimum absolute atomic E-state index is 0.0389. The van der Waals surface area contributed by atoms with Crippen LogP contribution in [0.2, 0.25) is 5.02 Å². The van der Waals surface area contributed by atoms with Gasteiger partial charge in [0, 0.05) is 54.9 Å². The molecule has 1 atom stereocenters. The van der Waals surface area contributed by atoms with Crippen LogP contribution in [-0.2, 0) is 4.79 Å². The molecule has 3 aromatic rings. The first kappa shape index (κ1) is 18.5. The fourth-order valence-electron chi connectivity index (χ4n) is 3.41. The van der Waals surface area contributed by atoms with E-state index < -0.39 is 0 Å². The summed E-state index contributed by atoms with van der Waals surface area (Å²) in [5.41, 5.74) is 3.80. The Kier molecular flexibility index (Phi) is 4.81. The van der Waals surface area contributed by atoms with Gasteiger partial charge < -0.3 is 14.3 Å². The molecule has 0 aliphatic carbocycles. The summed E-state index contributed by atoms with van der Waals surface area (Å²) in [6.45, 7) is 2.48. The highest BCUT2D eigenvalue weighted by atomic mass is 35.5. The third kappa shape index (κ3) is 3.47. The average molecular weight is 397 g/mol. The lowest BCUT2D eigenvalue weighted by atomic mass is 10.1. The van der Waals surface area contributed by atoms with Crippen LogP contribution in [0.5, 0.6) is 0 Å². The molecule has 1 unspecified atom stereocenters. The smallest absolute Gasteiger partial charge is 0.257 e. The van der Waals surface area contributed by atoms with Crippen LogP contribution in [0.4, 0.5) is 11.4 Å². The van der Waals surface area contributed by atoms with E-state index in [9.17, 15) is 4.79 Å². The Morgan fingerprint density at radius 1 is 1.18 bits per heavy atom. The Labute approximate surface area is 168 Å². The first-order valence-electron chi connectivity index (χ1n) is 9.10. The summed E-state index contributed by atoms with van der Waals surface area (Å²) in [4.78, 5) is 20.9. The summed E-state index contributed by atoms with van der Waals surface area (Å²) in [6.07, 6.45) is 0.352. The molecule has 144 valence electrons. The van der Waals surface area contributed by atoms with E-state index in [0.717, 1.165) is 22.5 Å². The lowest BCUT2D eigenvalue weighted by molar-refractivity contribution is -0.117. The van der Waals surface area contributed by atoms with Crippen molar-refractivity contribution in [2.45, 2.75) is 19.3 Å². The number of carbonyl (C=O) groups is 1. The first-order chi connectivity index (χ1) is 13.4. The van der Waals surface area contributed by atoms with Crippen molar-refractivity contribution < 1.29 is 9.32 Å². The number of rotatable bonds is 4. The van der Waals surface area contributed by atoms with Crippen LogP contribution in [0.3, 0.4) is 0 Å². The molecular weight excluding hydrogens is 376 g/mol. The van der Waals surface area contributed by atoms with E-state index in [1.54, 1.807) is 4.90 Å². The van der Waals surface area contributed by atoms with Gasteiger partial charge in [-0.05, 0) is 48.9 Å². The SMILES string of the molecule is Cc1ccc(Cl)cc1N1CC(c2noc(-c3ccc(N(C)C)cc3)n2)CC1=O. The van der Waals surface area contributed by atoms with Crippen molar-refractivity contribution in [1.82, 2.24) is 10.1 Å². The zero-order valence-corrected chi connectivity index (χ0v) is 16.8. The minimum Gasteiger partial charge on any atom is -0.378 e. The van der Waals surface area contributed by atoms with Gasteiger partial charge in [0.1, 0.15) is 0 Å². The lowest BCUT2D eigenvalue weighted by Crippen LogP contribution is -2.25. The van der Waals surface area contributed by atoms with E-state index in [2.05, 4.69) is 10.1 Å². The fraction of sp³-hybridized carbons (Fsp3) is 0.286. The number of hydrogen-bond donors (Lipinski definition) is 0. The molecule has 4 rings (SSSR count). The molecule has 0 radical (unpaired) electrons. The maximum Gasteiger partial charge on any atom is 0.257 e. The Morgan fingerprint density at radius 3 is 2.64 bits per heavy atom. The van der Waals surface area contributed by atoms with Crippen molar-refractivity contribution >= 4 is 28.9 Å². The second kappa shape index (κ2) is 7.28. The van der Waals surface area contributed by atoms with Gasteiger partial charge in [-0.25, -0.2) is 0 Å². The second-order valence-electron chi connectivity index (χ2n) is 7.24. The van der Waals surface area contributed by atoms with E-state index >= 15 is 0 Å². The van der Waals surface area contributed by atoms with Gasteiger partial charge in [0.2, 0.25) is 5.91 Å². The van der Waals surface area contributed by atoms with E-state index in [1.807, 2.05) is 68.4 Å². The number of aryl methyl sites for hydroxylation is 1. The van der Waals surface area contributed by atoms with Crippen molar-refractivity contribution in [2.24, 2.45) is 0 Å². The van der Waals surface area contributed by atoms with Crippen LogP contribution in [-0.4, -0.2) is 36.7 Å². The molecule has 1 saturated heterocycles. The van der Waals surface area contributed by atoms with Crippen molar-refractivity contribution in [3.63, 3.8) is 0 Å². The molecule has 0 spiro atoms. The van der Waals surface area contributed by atoms with Gasteiger partial charge in [-0.2, -0.15) is 4.98 Å². The van der Waals surface area contributed by atoms with Crippen LogP contribution in [0.1, 0.15) is 23.7 Å². The number of amides is 1. The molecule has 28 heavy (non-hydrogen) atoms. The zero-order valence-electron chi connectivity index (χ0n) is 16.0. The van der Waals surface area contributed by atoms with Gasteiger partial charge >= 0.3 is 0 Å². The molecule has 0 bridgehead atoms. The quantitative estimate of drug-likeness (QED) is 0.658. The van der Waals surface area contributed by atoms with Crippen molar-refractivity contribution in [3.05, 3.63) is 58.9 Å². The molecule has 1 aliphatic heterocycles. The fourth-order valence-corrected chi connectivity index (χ4v) is 3.57. The highest BCUT2D eigenvalue weighted by Gasteiger charge is 2.35. The Hall–Kier alpha value is -2.86. The van der Waals surface area contributed by atoms with Gasteiger partial charge in [-0.3, -0.25) is 4.79 Å². The molecule has 1 aliphatic rings. The Morgan fingerprint density at radius 2 is 1.93 bits per heavy atom. The topological polar surface area (TPSA) is 62.5 Å². The van der Waals surface area contributed by atoms with Gasteiger partial charge in [0.25, 0.3) is 5.89 Å². The molecule has 2 heterocycles. The van der Waals surface area contributed by atoms with Gasteiger partial charge in [-0.15, -0.1) is 0 Å². The third-order valence-corrected chi connectivity index (χ3v) is 5.26. The van der Waals surface area contributed by atoms with E-state index in [0.29, 0.717) is 29.7 Å². The molecule has 1 amide bonds. The summed E-state index contributed by atoms with van der Waals surface area (Å²) in [6, 6.07) is 13.5. The summed E-state index contributed by atoms with van der Waals surface area (Å²) in [5, 5.41) is 4.74. The number of halogens is 1. The van der Waals surface area contributed by atoms with E-state index in [4.69, 9.17) is 16.1 Å². The van der Waals surface area contributed by atoms with E-state index in [-0.39, 0.29) is 11.8 Å². The predicted molar refractivity (Wildman–Crippen MR) is 110 cm³/mol. The summed E-state index contributed by atoms with van der Waals surface area (Å²) in [5.74, 6) is 0.953. The number of anilines is 2. The largest absolute Gasteiger partial charge is 0.378 e. The molecule has 0 N–H and O–H groups in total. The minimum atomic E-state index is -0.107. The molecule has 1 fully saturated rings. The van der Waals surface area contributed by atoms with Crippen molar-refractivity contribution in [1.29, 1.82) is 0 Å². The number of benzene rings is 2. The molecular formula is C21H21ClN4O2. The summed E-state index contributed by atoms with van der Waals surface area (Å²) >= 11 is 6.12. The third-order valence-electron chi connectivity index (χ3n) is 5.02. The molecule has 7 heteroatoms. The Balaban J connectivity index is 1.55. The van der Waals surface area contributed by atoms with Gasteiger partial charge in [0.15, 0.2) is 5.82 Å². The highest BCUT2D eigenvalue weighted by molar-refractivity contribution is 6.31.